The number of rotatable bonds is 3. The number of aldehydes is 1. The zero-order chi connectivity index (χ0) is 17.3. The van der Waals surface area contributed by atoms with Gasteiger partial charge < -0.3 is 14.4 Å². The van der Waals surface area contributed by atoms with Crippen LogP contribution in [0.4, 0.5) is 0 Å². The van der Waals surface area contributed by atoms with E-state index in [2.05, 4.69) is 11.9 Å². The van der Waals surface area contributed by atoms with Crippen molar-refractivity contribution in [1.29, 1.82) is 0 Å². The summed E-state index contributed by atoms with van der Waals surface area (Å²) in [5, 5.41) is 0. The summed E-state index contributed by atoms with van der Waals surface area (Å²) in [6.07, 6.45) is 0.873. The number of carbonyl (C=O) groups is 2. The van der Waals surface area contributed by atoms with Gasteiger partial charge >= 0.3 is 0 Å². The van der Waals surface area contributed by atoms with E-state index < -0.39 is 0 Å². The maximum atomic E-state index is 12.8. The van der Waals surface area contributed by atoms with Gasteiger partial charge in [0, 0.05) is 54.4 Å². The average molecular weight is 325 g/mol. The van der Waals surface area contributed by atoms with Crippen LogP contribution in [0.15, 0.2) is 30.3 Å². The van der Waals surface area contributed by atoms with Gasteiger partial charge in [-0.25, -0.2) is 0 Å². The van der Waals surface area contributed by atoms with Gasteiger partial charge in [-0.2, -0.15) is 0 Å². The number of nitrogens with zero attached hydrogens (tertiary/aromatic N) is 3. The first-order chi connectivity index (χ1) is 11.5. The third-order valence-corrected chi connectivity index (χ3v) is 4.74. The van der Waals surface area contributed by atoms with E-state index >= 15 is 0 Å². The van der Waals surface area contributed by atoms with Gasteiger partial charge in [-0.3, -0.25) is 9.59 Å². The molecule has 0 bridgehead atoms. The lowest BCUT2D eigenvalue weighted by molar-refractivity contribution is 0.0664. The van der Waals surface area contributed by atoms with E-state index in [0.29, 0.717) is 11.1 Å². The van der Waals surface area contributed by atoms with Crippen molar-refractivity contribution >= 4 is 12.2 Å². The molecule has 0 aliphatic carbocycles. The van der Waals surface area contributed by atoms with Crippen molar-refractivity contribution in [1.82, 2.24) is 14.4 Å². The standard InChI is InChI=1S/C19H23N3O2/c1-14-11-17(13-23)15(2)22(14)18-6-4-5-16(12-18)19(24)21-9-7-20(3)8-10-21/h4-6,11-13H,7-10H2,1-3H3. The maximum Gasteiger partial charge on any atom is 0.254 e. The summed E-state index contributed by atoms with van der Waals surface area (Å²) < 4.78 is 2.02. The Hall–Kier alpha value is -2.40. The van der Waals surface area contributed by atoms with E-state index in [4.69, 9.17) is 0 Å². The van der Waals surface area contributed by atoms with Gasteiger partial charge in [-0.1, -0.05) is 6.07 Å². The third-order valence-electron chi connectivity index (χ3n) is 4.74. The Morgan fingerprint density at radius 2 is 1.79 bits per heavy atom. The topological polar surface area (TPSA) is 45.6 Å². The molecule has 2 aromatic rings. The van der Waals surface area contributed by atoms with Gasteiger partial charge in [0.2, 0.25) is 0 Å². The van der Waals surface area contributed by atoms with Gasteiger partial charge in [-0.05, 0) is 45.2 Å². The molecule has 5 nitrogen and oxygen atoms in total. The Bertz CT molecular complexity index is 771. The Balaban J connectivity index is 1.91. The highest BCUT2D eigenvalue weighted by Crippen LogP contribution is 2.21. The summed E-state index contributed by atoms with van der Waals surface area (Å²) in [6.45, 7) is 7.22. The van der Waals surface area contributed by atoms with Crippen LogP contribution in [0.1, 0.15) is 32.1 Å². The van der Waals surface area contributed by atoms with Gasteiger partial charge in [0.25, 0.3) is 5.91 Å². The predicted octanol–water partition coefficient (Wildman–Crippen LogP) is 2.29. The number of amides is 1. The molecule has 0 saturated carbocycles. The Kier molecular flexibility index (Phi) is 4.53. The fraction of sp³-hybridized carbons (Fsp3) is 0.368. The highest BCUT2D eigenvalue weighted by molar-refractivity contribution is 5.95. The molecule has 0 unspecified atom stereocenters. The molecule has 0 atom stereocenters. The number of likely N-dealkylation sites (N-methyl/N-ethyl adjacent to an activating group) is 1. The highest BCUT2D eigenvalue weighted by atomic mass is 16.2. The van der Waals surface area contributed by atoms with E-state index in [0.717, 1.165) is 49.5 Å². The second kappa shape index (κ2) is 6.61. The van der Waals surface area contributed by atoms with Crippen molar-refractivity contribution in [2.24, 2.45) is 0 Å². The third kappa shape index (κ3) is 2.99. The van der Waals surface area contributed by atoms with Crippen LogP contribution >= 0.6 is 0 Å². The molecule has 1 amide bonds. The smallest absolute Gasteiger partial charge is 0.254 e. The molecule has 1 aromatic carbocycles. The minimum atomic E-state index is 0.0722. The van der Waals surface area contributed by atoms with Gasteiger partial charge in [0.15, 0.2) is 6.29 Å². The van der Waals surface area contributed by atoms with E-state index in [9.17, 15) is 9.59 Å². The first-order valence-corrected chi connectivity index (χ1v) is 8.23. The number of aryl methyl sites for hydroxylation is 1. The Morgan fingerprint density at radius 3 is 2.42 bits per heavy atom. The molecule has 5 heteroatoms. The zero-order valence-corrected chi connectivity index (χ0v) is 14.5. The largest absolute Gasteiger partial charge is 0.336 e. The molecule has 0 radical (unpaired) electrons. The minimum Gasteiger partial charge on any atom is -0.336 e. The number of aromatic nitrogens is 1. The summed E-state index contributed by atoms with van der Waals surface area (Å²) in [4.78, 5) is 28.1. The molecule has 0 N–H and O–H groups in total. The van der Waals surface area contributed by atoms with E-state index in [-0.39, 0.29) is 5.91 Å². The minimum absolute atomic E-state index is 0.0722. The summed E-state index contributed by atoms with van der Waals surface area (Å²) in [7, 11) is 2.07. The molecule has 3 rings (SSSR count). The van der Waals surface area contributed by atoms with Crippen molar-refractivity contribution in [2.45, 2.75) is 13.8 Å². The summed E-state index contributed by atoms with van der Waals surface area (Å²) in [6, 6.07) is 9.51. The van der Waals surface area contributed by atoms with Crippen LogP contribution in [0.3, 0.4) is 0 Å². The monoisotopic (exact) mass is 325 g/mol. The highest BCUT2D eigenvalue weighted by Gasteiger charge is 2.21. The van der Waals surface area contributed by atoms with Crippen LogP contribution in [0.25, 0.3) is 5.69 Å². The Morgan fingerprint density at radius 1 is 1.08 bits per heavy atom. The van der Waals surface area contributed by atoms with Gasteiger partial charge in [0.05, 0.1) is 0 Å². The summed E-state index contributed by atoms with van der Waals surface area (Å²) in [5.74, 6) is 0.0722. The van der Waals surface area contributed by atoms with Crippen LogP contribution < -0.4 is 0 Å². The lowest BCUT2D eigenvalue weighted by atomic mass is 10.1. The molecule has 1 aliphatic heterocycles. The first kappa shape index (κ1) is 16.5. The molecule has 1 fully saturated rings. The maximum absolute atomic E-state index is 12.8. The molecule has 1 aromatic heterocycles. The van der Waals surface area contributed by atoms with Crippen LogP contribution in [0, 0.1) is 13.8 Å². The van der Waals surface area contributed by atoms with Crippen LogP contribution in [0.2, 0.25) is 0 Å². The quantitative estimate of drug-likeness (QED) is 0.814. The number of carbonyl (C=O) groups excluding carboxylic acids is 2. The second-order valence-electron chi connectivity index (χ2n) is 6.43. The molecule has 2 heterocycles. The van der Waals surface area contributed by atoms with Gasteiger partial charge in [-0.15, -0.1) is 0 Å². The number of piperazine rings is 1. The van der Waals surface area contributed by atoms with Crippen molar-refractivity contribution in [2.75, 3.05) is 33.2 Å². The van der Waals surface area contributed by atoms with Crippen LogP contribution in [0.5, 0.6) is 0 Å². The predicted molar refractivity (Wildman–Crippen MR) is 94.0 cm³/mol. The van der Waals surface area contributed by atoms with Crippen molar-refractivity contribution in [3.8, 4) is 5.69 Å². The fourth-order valence-corrected chi connectivity index (χ4v) is 3.27. The van der Waals surface area contributed by atoms with Crippen LogP contribution in [-0.2, 0) is 0 Å². The summed E-state index contributed by atoms with van der Waals surface area (Å²) in [5.41, 5.74) is 4.17. The van der Waals surface area contributed by atoms with E-state index in [1.165, 1.54) is 0 Å². The van der Waals surface area contributed by atoms with E-state index in [1.807, 2.05) is 53.6 Å². The second-order valence-corrected chi connectivity index (χ2v) is 6.43. The van der Waals surface area contributed by atoms with Crippen molar-refractivity contribution in [3.63, 3.8) is 0 Å². The first-order valence-electron chi connectivity index (χ1n) is 8.23. The summed E-state index contributed by atoms with van der Waals surface area (Å²) >= 11 is 0. The van der Waals surface area contributed by atoms with Crippen molar-refractivity contribution < 1.29 is 9.59 Å². The lowest BCUT2D eigenvalue weighted by Gasteiger charge is -2.32. The molecular formula is C19H23N3O2. The molecule has 1 aliphatic rings. The van der Waals surface area contributed by atoms with Crippen molar-refractivity contribution in [3.05, 3.63) is 52.8 Å². The fourth-order valence-electron chi connectivity index (χ4n) is 3.27. The van der Waals surface area contributed by atoms with Gasteiger partial charge in [0.1, 0.15) is 0 Å². The molecular weight excluding hydrogens is 302 g/mol. The number of benzene rings is 1. The van der Waals surface area contributed by atoms with Crippen LogP contribution in [-0.4, -0.2) is 59.8 Å². The zero-order valence-electron chi connectivity index (χ0n) is 14.5. The van der Waals surface area contributed by atoms with E-state index in [1.54, 1.807) is 0 Å². The number of hydrogen-bond acceptors (Lipinski definition) is 3. The molecule has 126 valence electrons. The molecule has 0 spiro atoms. The molecule has 24 heavy (non-hydrogen) atoms. The average Bonchev–Trinajstić information content (AvgIpc) is 2.89. The SMILES string of the molecule is Cc1cc(C=O)c(C)n1-c1cccc(C(=O)N2CCN(C)CC2)c1. The Labute approximate surface area is 142 Å². The molecule has 1 saturated heterocycles. The normalized spacial score (nSPS) is 15.5. The lowest BCUT2D eigenvalue weighted by Crippen LogP contribution is -2.47. The number of hydrogen-bond donors (Lipinski definition) is 0.